The van der Waals surface area contributed by atoms with Crippen molar-refractivity contribution in [2.45, 2.75) is 192 Å². The summed E-state index contributed by atoms with van der Waals surface area (Å²) in [6, 6.07) is -14.7. The molecule has 29 nitrogen and oxygen atoms in total. The zero-order chi connectivity index (χ0) is 63.0. The molecule has 0 saturated heterocycles. The number of unbranched alkanes of at least 4 members (excludes halogenated alkanes) is 1. The average Bonchev–Trinajstić information content (AvgIpc) is 3.39. The molecule has 0 aromatic heterocycles. The van der Waals surface area contributed by atoms with Crippen molar-refractivity contribution in [3.05, 3.63) is 0 Å². The predicted molar refractivity (Wildman–Crippen MR) is 306 cm³/mol. The summed E-state index contributed by atoms with van der Waals surface area (Å²) >= 11 is 2.79. The number of carboxylic acid groups (broad SMARTS) is 2. The molecule has 468 valence electrons. The number of nitrogens with two attached hydrogens (primary N) is 4. The fourth-order valence-electron chi connectivity index (χ4n) is 7.76. The maximum absolute atomic E-state index is 14.3. The van der Waals surface area contributed by atoms with Gasteiger partial charge in [-0.05, 0) is 107 Å². The Morgan fingerprint density at radius 2 is 0.878 bits per heavy atom. The van der Waals surface area contributed by atoms with Gasteiger partial charge in [-0.1, -0.05) is 48.0 Å². The number of nitrogens with one attached hydrogen (secondary N) is 9. The lowest BCUT2D eigenvalue weighted by Crippen LogP contribution is -2.62. The maximum Gasteiger partial charge on any atom is 0.326 e. The Hall–Kier alpha value is -6.31. The van der Waals surface area contributed by atoms with Crippen LogP contribution >= 0.6 is 23.5 Å². The van der Waals surface area contributed by atoms with E-state index in [1.54, 1.807) is 34.0 Å². The molecule has 31 heteroatoms. The number of aliphatic hydroxyl groups is 1. The van der Waals surface area contributed by atoms with E-state index >= 15 is 0 Å². The second kappa shape index (κ2) is 40.0. The summed E-state index contributed by atoms with van der Waals surface area (Å²) in [4.78, 5) is 172. The fraction of sp³-hybridized carbons (Fsp3) is 0.745. The molecular formula is C51H91N13O16S2. The number of rotatable bonds is 43. The molecular weight excluding hydrogens is 1110 g/mol. The molecule has 82 heavy (non-hydrogen) atoms. The summed E-state index contributed by atoms with van der Waals surface area (Å²) in [5, 5.41) is 52.0. The van der Waals surface area contributed by atoms with Crippen LogP contribution in [0.15, 0.2) is 0 Å². The fourth-order valence-corrected chi connectivity index (χ4v) is 8.71. The molecule has 0 heterocycles. The summed E-state index contributed by atoms with van der Waals surface area (Å²) in [5.41, 5.74) is 22.3. The van der Waals surface area contributed by atoms with E-state index in [-0.39, 0.29) is 50.5 Å². The van der Waals surface area contributed by atoms with E-state index < -0.39 is 181 Å². The third kappa shape index (κ3) is 29.6. The van der Waals surface area contributed by atoms with Gasteiger partial charge in [0.25, 0.3) is 0 Å². The number of primary amides is 2. The van der Waals surface area contributed by atoms with E-state index in [0.29, 0.717) is 24.3 Å². The minimum atomic E-state index is -1.98. The van der Waals surface area contributed by atoms with Gasteiger partial charge in [0.15, 0.2) is 0 Å². The Kier molecular flexibility index (Phi) is 36.9. The number of aliphatic hydroxyl groups excluding tert-OH is 1. The number of carboxylic acids is 2. The molecule has 0 saturated carbocycles. The third-order valence-corrected chi connectivity index (χ3v) is 14.2. The van der Waals surface area contributed by atoms with E-state index in [9.17, 15) is 77.6 Å². The first-order valence-electron chi connectivity index (χ1n) is 27.2. The molecule has 0 aliphatic rings. The van der Waals surface area contributed by atoms with Crippen LogP contribution in [0.3, 0.4) is 0 Å². The van der Waals surface area contributed by atoms with Crippen LogP contribution in [0.4, 0.5) is 0 Å². The van der Waals surface area contributed by atoms with Crippen LogP contribution in [-0.4, -0.2) is 189 Å². The Morgan fingerprint density at radius 1 is 0.476 bits per heavy atom. The van der Waals surface area contributed by atoms with Crippen molar-refractivity contribution in [3.8, 4) is 0 Å². The second-order valence-electron chi connectivity index (χ2n) is 20.7. The van der Waals surface area contributed by atoms with Crippen molar-refractivity contribution < 1.29 is 77.6 Å². The quantitative estimate of drug-likeness (QED) is 0.0264. The molecule has 0 aromatic carbocycles. The van der Waals surface area contributed by atoms with E-state index in [4.69, 9.17) is 22.9 Å². The predicted octanol–water partition coefficient (Wildman–Crippen LogP) is -3.47. The van der Waals surface area contributed by atoms with Gasteiger partial charge in [0.1, 0.15) is 54.4 Å². The number of carbonyl (C=O) groups is 13. The van der Waals surface area contributed by atoms with Gasteiger partial charge in [0.2, 0.25) is 65.0 Å². The topological polar surface area (TPSA) is 495 Å². The highest BCUT2D eigenvalue weighted by atomic mass is 32.2. The van der Waals surface area contributed by atoms with Crippen LogP contribution in [0.1, 0.15) is 126 Å². The SMILES string of the molecule is CC[C@H](C)[C@H](NC(=O)[C@H](CCSC)NC(=O)[C@H](CC(C)C)NC(=O)[C@H](CCSC)NC(=O)[C@@H](N)C(C)C)C(=O)N[C@@H](CCC(N)=O)C(=O)N[C@@H](CCC(=O)O)C(=O)N[C@H](C(=O)N[C@@H](CC(N)=O)C(=O)N[C@@H](CCCCN)C(=O)O)[C@@H](C)O. The monoisotopic (exact) mass is 1210 g/mol. The van der Waals surface area contributed by atoms with Crippen molar-refractivity contribution in [2.24, 2.45) is 40.7 Å². The van der Waals surface area contributed by atoms with E-state index in [0.717, 1.165) is 6.92 Å². The van der Waals surface area contributed by atoms with Crippen molar-refractivity contribution in [2.75, 3.05) is 30.6 Å². The summed E-state index contributed by atoms with van der Waals surface area (Å²) in [5.74, 6) is -13.8. The molecule has 0 unspecified atom stereocenters. The first-order valence-corrected chi connectivity index (χ1v) is 30.0. The summed E-state index contributed by atoms with van der Waals surface area (Å²) in [6.45, 7) is 11.7. The standard InChI is InChI=1S/C51H91N13O16S2/c1-10-27(6)40(63-45(73)32(19-22-82-9)57-46(74)34(23-25(2)3)61-43(71)31(18-21-81-8)58-48(76)39(55)26(4)5)49(77)59-29(14-16-36(53)66)42(70)56-30(15-17-38(68)69)44(72)64-41(28(7)65)50(78)62-35(24-37(54)67)47(75)60-33(51(79)80)13-11-12-20-52/h25-35,39-41,65H,10-24,52,55H2,1-9H3,(H2,53,66)(H2,54,67)(H,56,70)(H,57,74)(H,58,76)(H,59,77)(H,60,75)(H,61,71)(H,62,78)(H,63,73)(H,64,72)(H,68,69)(H,79,80)/t27-,28+,29-,30-,31-,32-,33-,34-,35-,39-,40-,41-/m0/s1. The van der Waals surface area contributed by atoms with E-state index in [1.807, 2.05) is 20.1 Å². The van der Waals surface area contributed by atoms with Gasteiger partial charge in [-0.25, -0.2) is 4.79 Å². The summed E-state index contributed by atoms with van der Waals surface area (Å²) < 4.78 is 0. The van der Waals surface area contributed by atoms with Crippen molar-refractivity contribution in [1.82, 2.24) is 47.9 Å². The molecule has 0 radical (unpaired) electrons. The molecule has 0 aliphatic heterocycles. The molecule has 20 N–H and O–H groups in total. The lowest BCUT2D eigenvalue weighted by Gasteiger charge is -2.30. The van der Waals surface area contributed by atoms with E-state index in [1.165, 1.54) is 23.5 Å². The lowest BCUT2D eigenvalue weighted by atomic mass is 9.96. The van der Waals surface area contributed by atoms with Crippen molar-refractivity contribution >= 4 is 100 Å². The molecule has 0 rings (SSSR count). The van der Waals surface area contributed by atoms with Gasteiger partial charge in [0.05, 0.1) is 18.6 Å². The molecule has 0 bridgehead atoms. The van der Waals surface area contributed by atoms with Crippen LogP contribution in [0.25, 0.3) is 0 Å². The molecule has 0 spiro atoms. The Labute approximate surface area is 487 Å². The van der Waals surface area contributed by atoms with Gasteiger partial charge >= 0.3 is 11.9 Å². The smallest absolute Gasteiger partial charge is 0.326 e. The minimum Gasteiger partial charge on any atom is -0.481 e. The van der Waals surface area contributed by atoms with Crippen LogP contribution in [-0.2, 0) is 62.3 Å². The third-order valence-electron chi connectivity index (χ3n) is 12.9. The van der Waals surface area contributed by atoms with Gasteiger partial charge in [-0.3, -0.25) is 57.5 Å². The molecule has 0 aliphatic carbocycles. The first-order chi connectivity index (χ1) is 38.3. The van der Waals surface area contributed by atoms with Crippen LogP contribution in [0.5, 0.6) is 0 Å². The van der Waals surface area contributed by atoms with Gasteiger partial charge in [-0.2, -0.15) is 23.5 Å². The average molecular weight is 1210 g/mol. The summed E-state index contributed by atoms with van der Waals surface area (Å²) in [6.07, 6.45) is -0.232. The number of amides is 11. The molecule has 0 aromatic rings. The molecule has 11 amide bonds. The van der Waals surface area contributed by atoms with Gasteiger partial charge in [0, 0.05) is 12.8 Å². The maximum atomic E-state index is 14.3. The zero-order valence-electron chi connectivity index (χ0n) is 48.5. The molecule has 12 atom stereocenters. The minimum absolute atomic E-state index is 0.0446. The van der Waals surface area contributed by atoms with Crippen LogP contribution in [0.2, 0.25) is 0 Å². The van der Waals surface area contributed by atoms with E-state index in [2.05, 4.69) is 47.9 Å². The first kappa shape index (κ1) is 75.7. The van der Waals surface area contributed by atoms with Crippen molar-refractivity contribution in [1.29, 1.82) is 0 Å². The normalized spacial score (nSPS) is 15.6. The Bertz CT molecular complexity index is 2160. The zero-order valence-corrected chi connectivity index (χ0v) is 50.1. The number of thioether (sulfide) groups is 2. The van der Waals surface area contributed by atoms with Gasteiger partial charge < -0.3 is 86.1 Å². The lowest BCUT2D eigenvalue weighted by molar-refractivity contribution is -0.143. The number of carbonyl (C=O) groups excluding carboxylic acids is 11. The van der Waals surface area contributed by atoms with Crippen LogP contribution < -0.4 is 70.8 Å². The largest absolute Gasteiger partial charge is 0.481 e. The number of hydrogen-bond acceptors (Lipinski definition) is 18. The highest BCUT2D eigenvalue weighted by molar-refractivity contribution is 7.98. The number of aliphatic carboxylic acids is 2. The van der Waals surface area contributed by atoms with Crippen LogP contribution in [0, 0.1) is 17.8 Å². The number of hydrogen-bond donors (Lipinski definition) is 16. The second-order valence-corrected chi connectivity index (χ2v) is 22.7. The highest BCUT2D eigenvalue weighted by Gasteiger charge is 2.38. The summed E-state index contributed by atoms with van der Waals surface area (Å²) in [7, 11) is 0. The molecule has 0 fully saturated rings. The van der Waals surface area contributed by atoms with Gasteiger partial charge in [-0.15, -0.1) is 0 Å². The Balaban J connectivity index is 6.89. The van der Waals surface area contributed by atoms with Crippen molar-refractivity contribution in [3.63, 3.8) is 0 Å². The Morgan fingerprint density at radius 3 is 1.30 bits per heavy atom. The highest BCUT2D eigenvalue weighted by Crippen LogP contribution is 2.14.